The molecule has 0 radical (unpaired) electrons. The number of rotatable bonds is 7. The molecule has 0 spiro atoms. The summed E-state index contributed by atoms with van der Waals surface area (Å²) in [6.45, 7) is 3.74. The molecule has 1 amide bonds. The van der Waals surface area contributed by atoms with E-state index < -0.39 is 0 Å². The van der Waals surface area contributed by atoms with E-state index >= 15 is 0 Å². The number of nitrogens with one attached hydrogen (secondary N) is 2. The zero-order chi connectivity index (χ0) is 20.8. The molecule has 0 aliphatic carbocycles. The van der Waals surface area contributed by atoms with Gasteiger partial charge in [-0.25, -0.2) is 9.97 Å². The Morgan fingerprint density at radius 1 is 1.10 bits per heavy atom. The van der Waals surface area contributed by atoms with Gasteiger partial charge in [-0.05, 0) is 49.2 Å². The smallest absolute Gasteiger partial charge is 0.262 e. The van der Waals surface area contributed by atoms with Crippen molar-refractivity contribution in [3.05, 3.63) is 70.1 Å². The number of ether oxygens (including phenoxy) is 1. The van der Waals surface area contributed by atoms with Crippen molar-refractivity contribution in [1.82, 2.24) is 9.97 Å². The van der Waals surface area contributed by atoms with Gasteiger partial charge in [0.2, 0.25) is 0 Å². The van der Waals surface area contributed by atoms with E-state index in [1.54, 1.807) is 18.2 Å². The number of benzene rings is 2. The molecule has 0 atom stereocenters. The summed E-state index contributed by atoms with van der Waals surface area (Å²) >= 11 is 11.9. The molecule has 0 saturated carbocycles. The van der Waals surface area contributed by atoms with Gasteiger partial charge in [-0.15, -0.1) is 0 Å². The summed E-state index contributed by atoms with van der Waals surface area (Å²) in [4.78, 5) is 20.7. The number of carbonyl (C=O) groups is 1. The van der Waals surface area contributed by atoms with Gasteiger partial charge in [0.05, 0.1) is 5.02 Å². The Morgan fingerprint density at radius 2 is 1.93 bits per heavy atom. The third kappa shape index (κ3) is 5.82. The molecule has 0 fully saturated rings. The van der Waals surface area contributed by atoms with E-state index in [1.165, 1.54) is 6.33 Å². The van der Waals surface area contributed by atoms with E-state index in [9.17, 15) is 4.79 Å². The van der Waals surface area contributed by atoms with Gasteiger partial charge in [-0.3, -0.25) is 4.79 Å². The van der Waals surface area contributed by atoms with Crippen LogP contribution in [0.5, 0.6) is 5.75 Å². The van der Waals surface area contributed by atoms with Gasteiger partial charge < -0.3 is 15.4 Å². The predicted octanol–water partition coefficient (Wildman–Crippen LogP) is 5.42. The fourth-order valence-corrected chi connectivity index (χ4v) is 3.13. The Bertz CT molecular complexity index is 1030. The second kappa shape index (κ2) is 9.58. The van der Waals surface area contributed by atoms with Crippen molar-refractivity contribution < 1.29 is 9.53 Å². The van der Waals surface area contributed by atoms with Gasteiger partial charge >= 0.3 is 0 Å². The summed E-state index contributed by atoms with van der Waals surface area (Å²) in [5.41, 5.74) is 3.38. The van der Waals surface area contributed by atoms with Crippen molar-refractivity contribution in [2.75, 3.05) is 17.2 Å². The van der Waals surface area contributed by atoms with E-state index in [4.69, 9.17) is 27.9 Å². The van der Waals surface area contributed by atoms with Gasteiger partial charge in [-0.2, -0.15) is 0 Å². The highest BCUT2D eigenvalue weighted by Gasteiger charge is 2.10. The van der Waals surface area contributed by atoms with Crippen molar-refractivity contribution in [1.29, 1.82) is 0 Å². The average molecular weight is 431 g/mol. The van der Waals surface area contributed by atoms with Crippen molar-refractivity contribution in [2.45, 2.75) is 20.3 Å². The highest BCUT2D eigenvalue weighted by Crippen LogP contribution is 2.28. The number of carbonyl (C=O) groups excluding carboxylic acids is 1. The third-order valence-corrected chi connectivity index (χ3v) is 4.62. The third-order valence-electron chi connectivity index (χ3n) is 4.09. The van der Waals surface area contributed by atoms with E-state index in [0.29, 0.717) is 27.3 Å². The summed E-state index contributed by atoms with van der Waals surface area (Å²) in [5, 5.41) is 6.97. The molecular formula is C21H20Cl2N4O2. The minimum atomic E-state index is -0.291. The van der Waals surface area contributed by atoms with Crippen molar-refractivity contribution in [3.8, 4) is 5.75 Å². The summed E-state index contributed by atoms with van der Waals surface area (Å²) in [5.74, 6) is 0.789. The molecule has 6 nitrogen and oxygen atoms in total. The van der Waals surface area contributed by atoms with Crippen LogP contribution >= 0.6 is 23.2 Å². The van der Waals surface area contributed by atoms with Crippen molar-refractivity contribution in [3.63, 3.8) is 0 Å². The number of aromatic nitrogens is 2. The molecule has 2 N–H and O–H groups in total. The lowest BCUT2D eigenvalue weighted by molar-refractivity contribution is -0.118. The lowest BCUT2D eigenvalue weighted by atomic mass is 10.1. The molecule has 0 aliphatic heterocycles. The highest BCUT2D eigenvalue weighted by atomic mass is 35.5. The first kappa shape index (κ1) is 20.9. The minimum absolute atomic E-state index is 0.173. The first-order valence-electron chi connectivity index (χ1n) is 9.01. The lowest BCUT2D eigenvalue weighted by Crippen LogP contribution is -2.21. The number of hydrogen-bond acceptors (Lipinski definition) is 5. The van der Waals surface area contributed by atoms with Crippen LogP contribution in [0.25, 0.3) is 0 Å². The maximum atomic E-state index is 12.4. The average Bonchev–Trinajstić information content (AvgIpc) is 2.67. The van der Waals surface area contributed by atoms with Crippen LogP contribution in [0.3, 0.4) is 0 Å². The topological polar surface area (TPSA) is 76.1 Å². The van der Waals surface area contributed by atoms with Gasteiger partial charge in [0, 0.05) is 28.2 Å². The minimum Gasteiger partial charge on any atom is -0.482 e. The summed E-state index contributed by atoms with van der Waals surface area (Å²) in [7, 11) is 0. The molecule has 0 aliphatic rings. The molecule has 1 aromatic heterocycles. The molecular weight excluding hydrogens is 411 g/mol. The number of anilines is 3. The fourth-order valence-electron chi connectivity index (χ4n) is 2.67. The molecule has 150 valence electrons. The first-order chi connectivity index (χ1) is 13.9. The molecule has 0 unspecified atom stereocenters. The van der Waals surface area contributed by atoms with Crippen LogP contribution in [0, 0.1) is 6.92 Å². The Balaban J connectivity index is 1.69. The molecule has 8 heteroatoms. The van der Waals surface area contributed by atoms with E-state index in [-0.39, 0.29) is 12.5 Å². The molecule has 3 aromatic rings. The first-order valence-corrected chi connectivity index (χ1v) is 9.76. The summed E-state index contributed by atoms with van der Waals surface area (Å²) < 4.78 is 5.50. The molecule has 29 heavy (non-hydrogen) atoms. The number of amides is 1. The molecule has 0 bridgehead atoms. The van der Waals surface area contributed by atoms with Crippen molar-refractivity contribution >= 4 is 46.3 Å². The quantitative estimate of drug-likeness (QED) is 0.523. The Hall–Kier alpha value is -2.83. The van der Waals surface area contributed by atoms with Gasteiger partial charge in [0.1, 0.15) is 17.9 Å². The molecule has 1 heterocycles. The van der Waals surface area contributed by atoms with E-state index in [2.05, 4.69) is 20.6 Å². The van der Waals surface area contributed by atoms with Gasteiger partial charge in [-0.1, -0.05) is 36.2 Å². The van der Waals surface area contributed by atoms with Gasteiger partial charge in [0.25, 0.3) is 5.91 Å². The van der Waals surface area contributed by atoms with Crippen LogP contribution < -0.4 is 15.4 Å². The van der Waals surface area contributed by atoms with Crippen LogP contribution in [-0.4, -0.2) is 22.5 Å². The zero-order valence-corrected chi connectivity index (χ0v) is 17.5. The monoisotopic (exact) mass is 430 g/mol. The number of aryl methyl sites for hydroxylation is 2. The Kier molecular flexibility index (Phi) is 6.90. The standard InChI is InChI=1S/C21H20Cl2N4O2/c1-3-14-4-6-16(26-20-8-13(2)24-12-25-20)10-18(14)27-21(28)11-29-19-7-5-15(22)9-17(19)23/h4-10,12H,3,11H2,1-2H3,(H,27,28)(H,24,25,26). The zero-order valence-electron chi connectivity index (χ0n) is 16.0. The normalized spacial score (nSPS) is 10.5. The van der Waals surface area contributed by atoms with Gasteiger partial charge in [0.15, 0.2) is 6.61 Å². The second-order valence-corrected chi connectivity index (χ2v) is 7.15. The van der Waals surface area contributed by atoms with E-state index in [0.717, 1.165) is 23.4 Å². The lowest BCUT2D eigenvalue weighted by Gasteiger charge is -2.14. The summed E-state index contributed by atoms with van der Waals surface area (Å²) in [6, 6.07) is 12.5. The second-order valence-electron chi connectivity index (χ2n) is 6.31. The summed E-state index contributed by atoms with van der Waals surface area (Å²) in [6.07, 6.45) is 2.27. The maximum Gasteiger partial charge on any atom is 0.262 e. The molecule has 2 aromatic carbocycles. The largest absolute Gasteiger partial charge is 0.482 e. The predicted molar refractivity (Wildman–Crippen MR) is 116 cm³/mol. The van der Waals surface area contributed by atoms with Crippen LogP contribution in [0.4, 0.5) is 17.2 Å². The van der Waals surface area contributed by atoms with Crippen LogP contribution in [0.1, 0.15) is 18.2 Å². The fraction of sp³-hybridized carbons (Fsp3) is 0.190. The number of halogens is 2. The SMILES string of the molecule is CCc1ccc(Nc2cc(C)ncn2)cc1NC(=O)COc1ccc(Cl)cc1Cl. The van der Waals surface area contributed by atoms with Crippen LogP contribution in [0.15, 0.2) is 48.8 Å². The molecule has 3 rings (SSSR count). The number of hydrogen-bond donors (Lipinski definition) is 2. The highest BCUT2D eigenvalue weighted by molar-refractivity contribution is 6.35. The maximum absolute atomic E-state index is 12.4. The van der Waals surface area contributed by atoms with Crippen LogP contribution in [0.2, 0.25) is 10.0 Å². The van der Waals surface area contributed by atoms with Crippen molar-refractivity contribution in [2.24, 2.45) is 0 Å². The Morgan fingerprint density at radius 3 is 2.66 bits per heavy atom. The van der Waals surface area contributed by atoms with E-state index in [1.807, 2.05) is 38.1 Å². The molecule has 0 saturated heterocycles. The number of nitrogens with zero attached hydrogens (tertiary/aromatic N) is 2. The van der Waals surface area contributed by atoms with Crippen LogP contribution in [-0.2, 0) is 11.2 Å². The Labute approximate surface area is 179 Å².